The number of halogens is 1. The Balaban J connectivity index is 2.07. The molecule has 1 aliphatic rings. The number of rotatable bonds is 3. The summed E-state index contributed by atoms with van der Waals surface area (Å²) in [7, 11) is 0. The average molecular weight is 222 g/mol. The van der Waals surface area contributed by atoms with Gasteiger partial charge in [-0.3, -0.25) is 4.90 Å². The number of nitrogens with zero attached hydrogens (tertiary/aromatic N) is 1. The third kappa shape index (κ3) is 2.80. The smallest absolute Gasteiger partial charge is 0.123 e. The highest BCUT2D eigenvalue weighted by Crippen LogP contribution is 2.22. The molecule has 0 aromatic heterocycles. The van der Waals surface area contributed by atoms with E-state index in [0.29, 0.717) is 0 Å². The first kappa shape index (κ1) is 11.6. The van der Waals surface area contributed by atoms with Crippen LogP contribution in [0.15, 0.2) is 24.3 Å². The van der Waals surface area contributed by atoms with Gasteiger partial charge in [-0.1, -0.05) is 24.3 Å². The maximum atomic E-state index is 13.4. The Kier molecular flexibility index (Phi) is 3.91. The molecular formula is C13H19FN2. The van der Waals surface area contributed by atoms with Crippen LogP contribution in [0.5, 0.6) is 0 Å². The summed E-state index contributed by atoms with van der Waals surface area (Å²) in [6.45, 7) is 6.65. The van der Waals surface area contributed by atoms with Gasteiger partial charge in [0, 0.05) is 32.7 Å². The van der Waals surface area contributed by atoms with Gasteiger partial charge in [0.15, 0.2) is 0 Å². The Labute approximate surface area is 96.5 Å². The maximum Gasteiger partial charge on any atom is 0.123 e. The minimum absolute atomic E-state index is 0.834. The van der Waals surface area contributed by atoms with Gasteiger partial charge in [-0.2, -0.15) is 0 Å². The second kappa shape index (κ2) is 5.41. The molecule has 1 aromatic carbocycles. The van der Waals surface area contributed by atoms with Crippen molar-refractivity contribution in [1.29, 1.82) is 0 Å². The molecule has 1 heterocycles. The molecule has 1 aromatic rings. The van der Waals surface area contributed by atoms with E-state index in [4.69, 9.17) is 0 Å². The van der Waals surface area contributed by atoms with E-state index in [1.54, 1.807) is 6.92 Å². The zero-order valence-electron chi connectivity index (χ0n) is 9.75. The SMILES string of the molecule is CC(F)c1ccccc1CN1CCNCC1. The van der Waals surface area contributed by atoms with Crippen LogP contribution in [0, 0.1) is 0 Å². The molecule has 2 nitrogen and oxygen atoms in total. The Morgan fingerprint density at radius 3 is 2.69 bits per heavy atom. The van der Waals surface area contributed by atoms with E-state index in [-0.39, 0.29) is 0 Å². The predicted molar refractivity (Wildman–Crippen MR) is 64.1 cm³/mol. The van der Waals surface area contributed by atoms with Crippen LogP contribution in [0.4, 0.5) is 4.39 Å². The molecule has 0 radical (unpaired) electrons. The van der Waals surface area contributed by atoms with E-state index in [0.717, 1.165) is 43.9 Å². The maximum absolute atomic E-state index is 13.4. The highest BCUT2D eigenvalue weighted by atomic mass is 19.1. The first-order chi connectivity index (χ1) is 7.77. The van der Waals surface area contributed by atoms with E-state index in [9.17, 15) is 4.39 Å². The van der Waals surface area contributed by atoms with Crippen molar-refractivity contribution in [2.75, 3.05) is 26.2 Å². The molecule has 1 aliphatic heterocycles. The molecule has 0 aliphatic carbocycles. The predicted octanol–water partition coefficient (Wildman–Crippen LogP) is 2.12. The topological polar surface area (TPSA) is 15.3 Å². The van der Waals surface area contributed by atoms with Crippen molar-refractivity contribution >= 4 is 0 Å². The highest BCUT2D eigenvalue weighted by Gasteiger charge is 2.14. The number of hydrogen-bond donors (Lipinski definition) is 1. The average Bonchev–Trinajstić information content (AvgIpc) is 2.31. The van der Waals surface area contributed by atoms with Gasteiger partial charge in [0.2, 0.25) is 0 Å². The number of hydrogen-bond acceptors (Lipinski definition) is 2. The number of benzene rings is 1. The number of nitrogens with one attached hydrogen (secondary N) is 1. The molecule has 0 bridgehead atoms. The summed E-state index contributed by atoms with van der Waals surface area (Å²) in [4.78, 5) is 2.37. The van der Waals surface area contributed by atoms with Gasteiger partial charge in [0.05, 0.1) is 0 Å². The normalized spacial score (nSPS) is 19.6. The molecule has 1 saturated heterocycles. The summed E-state index contributed by atoms with van der Waals surface area (Å²) >= 11 is 0. The van der Waals surface area contributed by atoms with Gasteiger partial charge in [0.25, 0.3) is 0 Å². The summed E-state index contributed by atoms with van der Waals surface area (Å²) < 4.78 is 13.4. The van der Waals surface area contributed by atoms with Gasteiger partial charge < -0.3 is 5.32 Å². The highest BCUT2D eigenvalue weighted by molar-refractivity contribution is 5.28. The first-order valence-corrected chi connectivity index (χ1v) is 5.92. The van der Waals surface area contributed by atoms with Crippen LogP contribution in [-0.4, -0.2) is 31.1 Å². The van der Waals surface area contributed by atoms with E-state index in [1.807, 2.05) is 24.3 Å². The molecule has 0 amide bonds. The molecule has 1 unspecified atom stereocenters. The van der Waals surface area contributed by atoms with Crippen LogP contribution in [0.25, 0.3) is 0 Å². The first-order valence-electron chi connectivity index (χ1n) is 5.92. The largest absolute Gasteiger partial charge is 0.314 e. The molecule has 16 heavy (non-hydrogen) atoms. The van der Waals surface area contributed by atoms with Gasteiger partial charge >= 0.3 is 0 Å². The molecule has 1 atom stereocenters. The molecule has 3 heteroatoms. The van der Waals surface area contributed by atoms with E-state index in [1.165, 1.54) is 0 Å². The lowest BCUT2D eigenvalue weighted by atomic mass is 10.0. The van der Waals surface area contributed by atoms with Crippen molar-refractivity contribution in [3.05, 3.63) is 35.4 Å². The molecular weight excluding hydrogens is 203 g/mol. The number of alkyl halides is 1. The Morgan fingerprint density at radius 1 is 1.31 bits per heavy atom. The second-order valence-electron chi connectivity index (χ2n) is 4.34. The minimum atomic E-state index is -0.876. The van der Waals surface area contributed by atoms with Crippen molar-refractivity contribution in [2.24, 2.45) is 0 Å². The van der Waals surface area contributed by atoms with Gasteiger partial charge in [-0.25, -0.2) is 4.39 Å². The zero-order valence-corrected chi connectivity index (χ0v) is 9.75. The third-order valence-corrected chi connectivity index (χ3v) is 3.09. The van der Waals surface area contributed by atoms with Gasteiger partial charge in [-0.05, 0) is 18.1 Å². The van der Waals surface area contributed by atoms with Gasteiger partial charge in [0.1, 0.15) is 6.17 Å². The van der Waals surface area contributed by atoms with E-state index < -0.39 is 6.17 Å². The third-order valence-electron chi connectivity index (χ3n) is 3.09. The molecule has 88 valence electrons. The summed E-state index contributed by atoms with van der Waals surface area (Å²) in [6.07, 6.45) is -0.876. The lowest BCUT2D eigenvalue weighted by Crippen LogP contribution is -2.43. The summed E-state index contributed by atoms with van der Waals surface area (Å²) in [6, 6.07) is 7.83. The van der Waals surface area contributed by atoms with E-state index >= 15 is 0 Å². The second-order valence-corrected chi connectivity index (χ2v) is 4.34. The lowest BCUT2D eigenvalue weighted by Gasteiger charge is -2.28. The number of piperazine rings is 1. The standard InChI is InChI=1S/C13H19FN2/c1-11(14)13-5-3-2-4-12(13)10-16-8-6-15-7-9-16/h2-5,11,15H,6-10H2,1H3. The quantitative estimate of drug-likeness (QED) is 0.842. The van der Waals surface area contributed by atoms with Crippen molar-refractivity contribution in [3.8, 4) is 0 Å². The lowest BCUT2D eigenvalue weighted by molar-refractivity contribution is 0.231. The fourth-order valence-corrected chi connectivity index (χ4v) is 2.18. The van der Waals surface area contributed by atoms with Crippen molar-refractivity contribution < 1.29 is 4.39 Å². The molecule has 1 fully saturated rings. The van der Waals surface area contributed by atoms with Gasteiger partial charge in [-0.15, -0.1) is 0 Å². The van der Waals surface area contributed by atoms with Crippen LogP contribution in [0.3, 0.4) is 0 Å². The van der Waals surface area contributed by atoms with E-state index in [2.05, 4.69) is 10.2 Å². The molecule has 0 saturated carbocycles. The zero-order chi connectivity index (χ0) is 11.4. The molecule has 1 N–H and O–H groups in total. The van der Waals surface area contributed by atoms with Crippen molar-refractivity contribution in [3.63, 3.8) is 0 Å². The van der Waals surface area contributed by atoms with Crippen LogP contribution in [0.1, 0.15) is 24.2 Å². The van der Waals surface area contributed by atoms with Crippen molar-refractivity contribution in [2.45, 2.75) is 19.6 Å². The van der Waals surface area contributed by atoms with Crippen LogP contribution < -0.4 is 5.32 Å². The fraction of sp³-hybridized carbons (Fsp3) is 0.538. The van der Waals surface area contributed by atoms with Crippen LogP contribution in [0.2, 0.25) is 0 Å². The monoisotopic (exact) mass is 222 g/mol. The molecule has 2 rings (SSSR count). The van der Waals surface area contributed by atoms with Crippen LogP contribution >= 0.6 is 0 Å². The molecule has 0 spiro atoms. The van der Waals surface area contributed by atoms with Crippen molar-refractivity contribution in [1.82, 2.24) is 10.2 Å². The Hall–Kier alpha value is -0.930. The minimum Gasteiger partial charge on any atom is -0.314 e. The Bertz CT molecular complexity index is 332. The van der Waals surface area contributed by atoms with Crippen LogP contribution in [-0.2, 0) is 6.54 Å². The summed E-state index contributed by atoms with van der Waals surface area (Å²) in [5, 5.41) is 3.32. The Morgan fingerprint density at radius 2 is 2.00 bits per heavy atom. The summed E-state index contributed by atoms with van der Waals surface area (Å²) in [5.41, 5.74) is 1.96. The summed E-state index contributed by atoms with van der Waals surface area (Å²) in [5.74, 6) is 0. The fourth-order valence-electron chi connectivity index (χ4n) is 2.18.